The van der Waals surface area contributed by atoms with E-state index in [1.54, 1.807) is 52.0 Å². The van der Waals surface area contributed by atoms with Gasteiger partial charge in [-0.3, -0.25) is 14.4 Å². The van der Waals surface area contributed by atoms with Crippen molar-refractivity contribution in [3.05, 3.63) is 35.9 Å². The van der Waals surface area contributed by atoms with Crippen LogP contribution in [0.2, 0.25) is 0 Å². The molecule has 120 valence electrons. The summed E-state index contributed by atoms with van der Waals surface area (Å²) >= 11 is 0. The number of ether oxygens (including phenoxy) is 1. The van der Waals surface area contributed by atoms with Crippen LogP contribution in [0.1, 0.15) is 44.5 Å². The van der Waals surface area contributed by atoms with E-state index in [1.807, 2.05) is 6.07 Å². The Morgan fingerprint density at radius 3 is 2.27 bits per heavy atom. The lowest BCUT2D eigenvalue weighted by atomic mass is 9.91. The molecule has 1 aromatic carbocycles. The van der Waals surface area contributed by atoms with Crippen molar-refractivity contribution in [3.63, 3.8) is 0 Å². The minimum atomic E-state index is -0.534. The summed E-state index contributed by atoms with van der Waals surface area (Å²) in [4.78, 5) is 35.3. The number of amides is 1. The number of esters is 1. The number of Topliss-reactive ketones (excluding diaryl/α,β-unsaturated/α-hetero) is 1. The summed E-state index contributed by atoms with van der Waals surface area (Å²) < 4.78 is 4.95. The van der Waals surface area contributed by atoms with Gasteiger partial charge in [-0.05, 0) is 19.1 Å². The molecular formula is C17H23NO4. The quantitative estimate of drug-likeness (QED) is 0.819. The molecule has 0 fully saturated rings. The second kappa shape index (κ2) is 7.73. The van der Waals surface area contributed by atoms with Crippen LogP contribution in [0.25, 0.3) is 0 Å². The molecule has 0 aliphatic rings. The van der Waals surface area contributed by atoms with E-state index in [0.29, 0.717) is 5.56 Å². The fourth-order valence-electron chi connectivity index (χ4n) is 1.62. The first kappa shape index (κ1) is 17.9. The lowest BCUT2D eigenvalue weighted by molar-refractivity contribution is -0.150. The summed E-state index contributed by atoms with van der Waals surface area (Å²) in [6, 6.07) is 8.39. The molecule has 1 aromatic rings. The average Bonchev–Trinajstić information content (AvgIpc) is 2.44. The van der Waals surface area contributed by atoms with Gasteiger partial charge in [0, 0.05) is 17.0 Å². The molecule has 1 unspecified atom stereocenters. The molecule has 5 nitrogen and oxygen atoms in total. The van der Waals surface area contributed by atoms with E-state index in [1.165, 1.54) is 0 Å². The molecule has 0 aliphatic carbocycles. The number of hydrogen-bond donors (Lipinski definition) is 1. The van der Waals surface area contributed by atoms with E-state index in [-0.39, 0.29) is 30.8 Å². The average molecular weight is 305 g/mol. The van der Waals surface area contributed by atoms with Crippen LogP contribution in [-0.4, -0.2) is 30.3 Å². The standard InChI is InChI=1S/C17H23NO4/c1-12(18-16(21)13-8-6-5-7-9-13)10-15(20)22-11-14(19)17(2,3)4/h5-9,12H,10-11H2,1-4H3,(H,18,21). The van der Waals surface area contributed by atoms with E-state index in [9.17, 15) is 14.4 Å². The highest BCUT2D eigenvalue weighted by Gasteiger charge is 2.23. The van der Waals surface area contributed by atoms with Crippen LogP contribution in [0, 0.1) is 5.41 Å². The van der Waals surface area contributed by atoms with Gasteiger partial charge in [0.05, 0.1) is 6.42 Å². The maximum Gasteiger partial charge on any atom is 0.308 e. The van der Waals surface area contributed by atoms with Gasteiger partial charge in [-0.25, -0.2) is 0 Å². The third kappa shape index (κ3) is 6.08. The minimum Gasteiger partial charge on any atom is -0.458 e. The van der Waals surface area contributed by atoms with E-state index in [0.717, 1.165) is 0 Å². The highest BCUT2D eigenvalue weighted by atomic mass is 16.5. The molecule has 0 spiro atoms. The molecule has 0 heterocycles. The Balaban J connectivity index is 2.39. The fraction of sp³-hybridized carbons (Fsp3) is 0.471. The number of hydrogen-bond acceptors (Lipinski definition) is 4. The van der Waals surface area contributed by atoms with Gasteiger partial charge in [-0.15, -0.1) is 0 Å². The van der Waals surface area contributed by atoms with Gasteiger partial charge in [0.15, 0.2) is 12.4 Å². The Hall–Kier alpha value is -2.17. The zero-order valence-corrected chi connectivity index (χ0v) is 13.5. The molecule has 0 radical (unpaired) electrons. The molecule has 1 atom stereocenters. The van der Waals surface area contributed by atoms with Crippen LogP contribution in [0.4, 0.5) is 0 Å². The maximum atomic E-state index is 11.9. The van der Waals surface area contributed by atoms with Gasteiger partial charge < -0.3 is 10.1 Å². The molecule has 0 saturated heterocycles. The maximum absolute atomic E-state index is 11.9. The lowest BCUT2D eigenvalue weighted by Gasteiger charge is -2.17. The van der Waals surface area contributed by atoms with Crippen molar-refractivity contribution in [1.29, 1.82) is 0 Å². The van der Waals surface area contributed by atoms with Crippen molar-refractivity contribution in [3.8, 4) is 0 Å². The number of ketones is 1. The third-order valence-electron chi connectivity index (χ3n) is 3.09. The SMILES string of the molecule is CC(CC(=O)OCC(=O)C(C)(C)C)NC(=O)c1ccccc1. The van der Waals surface area contributed by atoms with Crippen LogP contribution >= 0.6 is 0 Å². The van der Waals surface area contributed by atoms with Crippen molar-refractivity contribution in [2.75, 3.05) is 6.61 Å². The minimum absolute atomic E-state index is 0.0238. The van der Waals surface area contributed by atoms with Gasteiger partial charge in [-0.2, -0.15) is 0 Å². The molecular weight excluding hydrogens is 282 g/mol. The molecule has 0 saturated carbocycles. The summed E-state index contributed by atoms with van der Waals surface area (Å²) in [5, 5.41) is 2.72. The summed E-state index contributed by atoms with van der Waals surface area (Å²) in [5.74, 6) is -0.882. The van der Waals surface area contributed by atoms with E-state index in [2.05, 4.69) is 5.32 Å². The molecule has 1 N–H and O–H groups in total. The summed E-state index contributed by atoms with van der Waals surface area (Å²) in [5.41, 5.74) is -0.00132. The summed E-state index contributed by atoms with van der Waals surface area (Å²) in [6.45, 7) is 6.79. The molecule has 0 aliphatic heterocycles. The van der Waals surface area contributed by atoms with E-state index < -0.39 is 11.4 Å². The van der Waals surface area contributed by atoms with Gasteiger partial charge in [0.2, 0.25) is 0 Å². The largest absolute Gasteiger partial charge is 0.458 e. The molecule has 22 heavy (non-hydrogen) atoms. The monoisotopic (exact) mass is 305 g/mol. The van der Waals surface area contributed by atoms with Gasteiger partial charge >= 0.3 is 5.97 Å². The van der Waals surface area contributed by atoms with Crippen LogP contribution in [0.3, 0.4) is 0 Å². The topological polar surface area (TPSA) is 72.5 Å². The fourth-order valence-corrected chi connectivity index (χ4v) is 1.62. The number of carbonyl (C=O) groups excluding carboxylic acids is 3. The van der Waals surface area contributed by atoms with Crippen molar-refractivity contribution >= 4 is 17.7 Å². The Bertz CT molecular complexity index is 531. The van der Waals surface area contributed by atoms with Gasteiger partial charge in [0.25, 0.3) is 5.91 Å². The van der Waals surface area contributed by atoms with Crippen LogP contribution in [-0.2, 0) is 14.3 Å². The normalized spacial score (nSPS) is 12.4. The molecule has 1 amide bonds. The first-order chi connectivity index (χ1) is 10.2. The van der Waals surface area contributed by atoms with Gasteiger partial charge in [0.1, 0.15) is 0 Å². The number of benzene rings is 1. The Morgan fingerprint density at radius 1 is 1.14 bits per heavy atom. The molecule has 0 bridgehead atoms. The predicted molar refractivity (Wildman–Crippen MR) is 83.4 cm³/mol. The van der Waals surface area contributed by atoms with Crippen molar-refractivity contribution < 1.29 is 19.1 Å². The highest BCUT2D eigenvalue weighted by Crippen LogP contribution is 2.14. The molecule has 0 aromatic heterocycles. The van der Waals surface area contributed by atoms with Crippen molar-refractivity contribution in [2.24, 2.45) is 5.41 Å². The number of nitrogens with one attached hydrogen (secondary N) is 1. The smallest absolute Gasteiger partial charge is 0.308 e. The first-order valence-corrected chi connectivity index (χ1v) is 7.25. The Labute approximate surface area is 131 Å². The Kier molecular flexibility index (Phi) is 6.28. The Morgan fingerprint density at radius 2 is 1.73 bits per heavy atom. The van der Waals surface area contributed by atoms with Crippen LogP contribution in [0.5, 0.6) is 0 Å². The van der Waals surface area contributed by atoms with E-state index >= 15 is 0 Å². The number of carbonyl (C=O) groups is 3. The summed E-state index contributed by atoms with van der Waals surface area (Å²) in [7, 11) is 0. The predicted octanol–water partition coefficient (Wildman–Crippen LogP) is 2.35. The van der Waals surface area contributed by atoms with Crippen molar-refractivity contribution in [2.45, 2.75) is 40.2 Å². The van der Waals surface area contributed by atoms with Crippen molar-refractivity contribution in [1.82, 2.24) is 5.32 Å². The van der Waals surface area contributed by atoms with E-state index in [4.69, 9.17) is 4.74 Å². The lowest BCUT2D eigenvalue weighted by Crippen LogP contribution is -2.35. The second-order valence-electron chi connectivity index (χ2n) is 6.28. The highest BCUT2D eigenvalue weighted by molar-refractivity contribution is 5.94. The van der Waals surface area contributed by atoms with Crippen LogP contribution in [0.15, 0.2) is 30.3 Å². The van der Waals surface area contributed by atoms with Crippen LogP contribution < -0.4 is 5.32 Å². The zero-order chi connectivity index (χ0) is 16.8. The number of rotatable bonds is 6. The molecule has 5 heteroatoms. The third-order valence-corrected chi connectivity index (χ3v) is 3.09. The molecule has 1 rings (SSSR count). The first-order valence-electron chi connectivity index (χ1n) is 7.25. The summed E-state index contributed by atoms with van der Waals surface area (Å²) in [6.07, 6.45) is 0.0238. The second-order valence-corrected chi connectivity index (χ2v) is 6.28. The zero-order valence-electron chi connectivity index (χ0n) is 13.5. The van der Waals surface area contributed by atoms with Gasteiger partial charge in [-0.1, -0.05) is 39.0 Å².